The van der Waals surface area contributed by atoms with Crippen LogP contribution >= 0.6 is 0 Å². The lowest BCUT2D eigenvalue weighted by Crippen LogP contribution is -2.06. The van der Waals surface area contributed by atoms with Crippen molar-refractivity contribution in [2.75, 3.05) is 5.43 Å². The van der Waals surface area contributed by atoms with E-state index in [0.717, 1.165) is 17.7 Å². The second-order valence-corrected chi connectivity index (χ2v) is 6.19. The van der Waals surface area contributed by atoms with Crippen LogP contribution in [0, 0.1) is 10.1 Å². The van der Waals surface area contributed by atoms with E-state index in [0.29, 0.717) is 23.2 Å². The van der Waals surface area contributed by atoms with Crippen LogP contribution in [0.2, 0.25) is 0 Å². The number of nitrogens with zero attached hydrogens (tertiary/aromatic N) is 2. The molecule has 1 N–H and O–H groups in total. The Labute approximate surface area is 168 Å². The van der Waals surface area contributed by atoms with Crippen molar-refractivity contribution in [1.82, 2.24) is 0 Å². The molecule has 2 aromatic carbocycles. The molecule has 0 amide bonds. The third-order valence-corrected chi connectivity index (χ3v) is 4.10. The summed E-state index contributed by atoms with van der Waals surface area (Å²) in [6, 6.07) is 12.1. The highest BCUT2D eigenvalue weighted by Crippen LogP contribution is 2.35. The van der Waals surface area contributed by atoms with Gasteiger partial charge in [0.05, 0.1) is 16.7 Å². The Morgan fingerprint density at radius 1 is 1.13 bits per heavy atom. The van der Waals surface area contributed by atoms with Crippen LogP contribution in [0.4, 0.5) is 24.5 Å². The number of hydrogen-bond donors (Lipinski definition) is 1. The number of nitro groups is 1. The molecule has 0 unspecified atom stereocenters. The molecule has 0 radical (unpaired) electrons. The van der Waals surface area contributed by atoms with Crippen LogP contribution < -0.4 is 5.43 Å². The summed E-state index contributed by atoms with van der Waals surface area (Å²) in [4.78, 5) is 21.5. The van der Waals surface area contributed by atoms with Gasteiger partial charge in [-0.05, 0) is 31.2 Å². The van der Waals surface area contributed by atoms with Crippen LogP contribution in [-0.2, 0) is 6.18 Å². The number of alkyl halides is 3. The molecule has 0 saturated carbocycles. The second-order valence-electron chi connectivity index (χ2n) is 6.19. The van der Waals surface area contributed by atoms with E-state index in [9.17, 15) is 28.1 Å². The van der Waals surface area contributed by atoms with Gasteiger partial charge in [-0.3, -0.25) is 20.3 Å². The minimum Gasteiger partial charge on any atom is -0.455 e. The molecule has 0 saturated heterocycles. The number of hydrogen-bond acceptors (Lipinski definition) is 6. The highest BCUT2D eigenvalue weighted by atomic mass is 19.4. The zero-order chi connectivity index (χ0) is 21.9. The number of ketones is 1. The molecule has 10 heteroatoms. The summed E-state index contributed by atoms with van der Waals surface area (Å²) in [5.74, 6) is 0.757. The van der Waals surface area contributed by atoms with Crippen molar-refractivity contribution in [1.29, 1.82) is 0 Å². The van der Waals surface area contributed by atoms with Crippen molar-refractivity contribution >= 4 is 23.4 Å². The topological polar surface area (TPSA) is 97.7 Å². The number of Topliss-reactive ketones (excluding diaryl/α,β-unsaturated/α-hetero) is 1. The summed E-state index contributed by atoms with van der Waals surface area (Å²) in [6.45, 7) is 1.46. The van der Waals surface area contributed by atoms with E-state index in [2.05, 4.69) is 10.5 Å². The Balaban J connectivity index is 1.75. The molecule has 0 aliphatic heterocycles. The van der Waals surface area contributed by atoms with Crippen LogP contribution in [0.3, 0.4) is 0 Å². The van der Waals surface area contributed by atoms with E-state index in [4.69, 9.17) is 4.42 Å². The maximum atomic E-state index is 12.7. The first-order valence-electron chi connectivity index (χ1n) is 8.51. The number of halogens is 3. The number of nitro benzene ring substituents is 1. The number of hydrazone groups is 1. The van der Waals surface area contributed by atoms with E-state index in [1.807, 2.05) is 0 Å². The number of rotatable bonds is 6. The largest absolute Gasteiger partial charge is 0.455 e. The molecule has 1 heterocycles. The predicted molar refractivity (Wildman–Crippen MR) is 103 cm³/mol. The van der Waals surface area contributed by atoms with Crippen LogP contribution in [-0.4, -0.2) is 16.9 Å². The molecular weight excluding hydrogens is 403 g/mol. The Bertz CT molecular complexity index is 1120. The van der Waals surface area contributed by atoms with Gasteiger partial charge in [0.1, 0.15) is 17.2 Å². The Hall–Kier alpha value is -3.95. The Morgan fingerprint density at radius 2 is 1.83 bits per heavy atom. The van der Waals surface area contributed by atoms with Crippen molar-refractivity contribution in [3.05, 3.63) is 81.6 Å². The molecule has 7 nitrogen and oxygen atoms in total. The fraction of sp³-hybridized carbons (Fsp3) is 0.100. The first-order chi connectivity index (χ1) is 14.1. The average molecular weight is 417 g/mol. The van der Waals surface area contributed by atoms with Crippen LogP contribution in [0.1, 0.15) is 28.6 Å². The van der Waals surface area contributed by atoms with E-state index in [1.54, 1.807) is 36.4 Å². The normalized spacial score (nSPS) is 11.6. The second kappa shape index (κ2) is 8.19. The van der Waals surface area contributed by atoms with Crippen molar-refractivity contribution in [2.24, 2.45) is 5.10 Å². The van der Waals surface area contributed by atoms with Gasteiger partial charge in [0, 0.05) is 17.2 Å². The van der Waals surface area contributed by atoms with Gasteiger partial charge in [0.2, 0.25) is 0 Å². The third kappa shape index (κ3) is 4.72. The first-order valence-corrected chi connectivity index (χ1v) is 8.51. The van der Waals surface area contributed by atoms with Gasteiger partial charge >= 0.3 is 6.18 Å². The minimum atomic E-state index is -4.69. The minimum absolute atomic E-state index is 0.0581. The molecule has 3 aromatic rings. The summed E-state index contributed by atoms with van der Waals surface area (Å²) >= 11 is 0. The highest BCUT2D eigenvalue weighted by molar-refractivity contribution is 5.94. The molecule has 3 rings (SSSR count). The molecule has 1 aromatic heterocycles. The molecule has 0 spiro atoms. The Kier molecular flexibility index (Phi) is 5.67. The fourth-order valence-electron chi connectivity index (χ4n) is 2.57. The zero-order valence-corrected chi connectivity index (χ0v) is 15.4. The van der Waals surface area contributed by atoms with Crippen molar-refractivity contribution in [2.45, 2.75) is 13.1 Å². The number of carbonyl (C=O) groups is 1. The molecule has 0 atom stereocenters. The summed E-state index contributed by atoms with van der Waals surface area (Å²) < 4.78 is 43.8. The van der Waals surface area contributed by atoms with Gasteiger partial charge in [0.15, 0.2) is 5.78 Å². The predicted octanol–water partition coefficient (Wildman–Crippen LogP) is 5.52. The van der Waals surface area contributed by atoms with Crippen molar-refractivity contribution < 1.29 is 27.3 Å². The third-order valence-electron chi connectivity index (χ3n) is 4.10. The zero-order valence-electron chi connectivity index (χ0n) is 15.4. The molecule has 0 aliphatic rings. The summed E-state index contributed by atoms with van der Waals surface area (Å²) in [5, 5.41) is 14.9. The number of benzene rings is 2. The number of nitrogens with one attached hydrogen (secondary N) is 1. The maximum absolute atomic E-state index is 12.7. The monoisotopic (exact) mass is 417 g/mol. The molecule has 0 bridgehead atoms. The molecule has 0 aliphatic carbocycles. The average Bonchev–Trinajstić information content (AvgIpc) is 3.16. The lowest BCUT2D eigenvalue weighted by atomic mass is 10.1. The SMILES string of the molecule is CC(=O)c1ccc(-c2ccc(/C=N\Nc3ccc(C(F)(F)F)cc3[N+](=O)[O-])o2)cc1. The van der Waals surface area contributed by atoms with Crippen molar-refractivity contribution in [3.63, 3.8) is 0 Å². The van der Waals surface area contributed by atoms with Gasteiger partial charge in [-0.1, -0.05) is 24.3 Å². The van der Waals surface area contributed by atoms with Gasteiger partial charge in [0.25, 0.3) is 5.69 Å². The maximum Gasteiger partial charge on any atom is 0.416 e. The van der Waals surface area contributed by atoms with E-state index in [1.165, 1.54) is 13.1 Å². The van der Waals surface area contributed by atoms with E-state index >= 15 is 0 Å². The molecule has 0 fully saturated rings. The van der Waals surface area contributed by atoms with Gasteiger partial charge in [-0.2, -0.15) is 18.3 Å². The van der Waals surface area contributed by atoms with Crippen molar-refractivity contribution in [3.8, 4) is 11.3 Å². The highest BCUT2D eigenvalue weighted by Gasteiger charge is 2.33. The lowest BCUT2D eigenvalue weighted by Gasteiger charge is -2.08. The summed E-state index contributed by atoms with van der Waals surface area (Å²) in [5.41, 5.74) is 1.56. The Morgan fingerprint density at radius 3 is 2.43 bits per heavy atom. The quantitative estimate of drug-likeness (QED) is 0.246. The number of anilines is 1. The molecular formula is C20H14F3N3O4. The standard InChI is InChI=1S/C20H14F3N3O4/c1-12(27)13-2-4-14(5-3-13)19-9-7-16(30-19)11-24-25-17-8-6-15(20(21,22)23)10-18(17)26(28)29/h2-11,25H,1H3/b24-11-. The van der Waals surface area contributed by atoms with Crippen LogP contribution in [0.25, 0.3) is 11.3 Å². The number of carbonyl (C=O) groups excluding carboxylic acids is 1. The fourth-order valence-corrected chi connectivity index (χ4v) is 2.57. The van der Waals surface area contributed by atoms with Gasteiger partial charge < -0.3 is 4.42 Å². The van der Waals surface area contributed by atoms with E-state index in [-0.39, 0.29) is 11.5 Å². The number of furan rings is 1. The van der Waals surface area contributed by atoms with Crippen LogP contribution in [0.15, 0.2) is 64.1 Å². The van der Waals surface area contributed by atoms with Crippen LogP contribution in [0.5, 0.6) is 0 Å². The summed E-state index contributed by atoms with van der Waals surface area (Å²) in [6.07, 6.45) is -3.46. The van der Waals surface area contributed by atoms with Gasteiger partial charge in [-0.25, -0.2) is 0 Å². The molecule has 30 heavy (non-hydrogen) atoms. The summed E-state index contributed by atoms with van der Waals surface area (Å²) in [7, 11) is 0. The van der Waals surface area contributed by atoms with E-state index < -0.39 is 22.4 Å². The van der Waals surface area contributed by atoms with Gasteiger partial charge in [-0.15, -0.1) is 0 Å². The smallest absolute Gasteiger partial charge is 0.416 e. The first kappa shape index (κ1) is 20.8. The lowest BCUT2D eigenvalue weighted by molar-refractivity contribution is -0.384. The molecule has 154 valence electrons.